The van der Waals surface area contributed by atoms with Crippen molar-refractivity contribution in [2.24, 2.45) is 0 Å². The summed E-state index contributed by atoms with van der Waals surface area (Å²) in [5, 5.41) is 9.48. The summed E-state index contributed by atoms with van der Waals surface area (Å²) in [5.41, 5.74) is 12.9. The molecule has 4 nitrogen and oxygen atoms in total. The Labute approximate surface area is 297 Å². The first-order chi connectivity index (χ1) is 25.8. The third-order valence-corrected chi connectivity index (χ3v) is 10.9. The van der Waals surface area contributed by atoms with Gasteiger partial charge in [0.25, 0.3) is 0 Å². The molecular formula is C48H28N2O2. The summed E-state index contributed by atoms with van der Waals surface area (Å²) in [6, 6.07) is 60.7. The van der Waals surface area contributed by atoms with Crippen LogP contribution in [0.1, 0.15) is 0 Å². The highest BCUT2D eigenvalue weighted by Gasteiger charge is 2.24. The quantitative estimate of drug-likeness (QED) is 0.188. The molecule has 0 aliphatic rings. The Morgan fingerprint density at radius 2 is 0.904 bits per heavy atom. The lowest BCUT2D eigenvalue weighted by molar-refractivity contribution is 0.668. The average molecular weight is 665 g/mol. The number of rotatable bonds is 4. The molecule has 0 atom stereocenters. The van der Waals surface area contributed by atoms with E-state index in [0.717, 1.165) is 72.1 Å². The van der Waals surface area contributed by atoms with E-state index in [0.29, 0.717) is 0 Å². The SMILES string of the molecule is c1ccc2c(c1)oc1ccc(-c3ccc(N(c4ccc5oc6ccccc6c5c4)c4ccc5c6ccccc6n6c7ccccc7c4c56)cc3)cc12. The second-order valence-corrected chi connectivity index (χ2v) is 13.7. The maximum atomic E-state index is 6.28. The summed E-state index contributed by atoms with van der Waals surface area (Å²) in [6.45, 7) is 0. The minimum absolute atomic E-state index is 0.882. The first kappa shape index (κ1) is 27.7. The van der Waals surface area contributed by atoms with Gasteiger partial charge in [0, 0.05) is 54.5 Å². The molecular weight excluding hydrogens is 637 g/mol. The van der Waals surface area contributed by atoms with Crippen LogP contribution < -0.4 is 4.90 Å². The molecule has 52 heavy (non-hydrogen) atoms. The van der Waals surface area contributed by atoms with Crippen LogP contribution in [0.3, 0.4) is 0 Å². The Hall–Kier alpha value is -7.04. The maximum Gasteiger partial charge on any atom is 0.135 e. The van der Waals surface area contributed by atoms with Crippen molar-refractivity contribution in [2.75, 3.05) is 4.90 Å². The molecule has 242 valence electrons. The molecule has 0 fully saturated rings. The lowest BCUT2D eigenvalue weighted by Gasteiger charge is -2.27. The van der Waals surface area contributed by atoms with E-state index in [1.54, 1.807) is 0 Å². The van der Waals surface area contributed by atoms with Gasteiger partial charge in [-0.3, -0.25) is 0 Å². The summed E-state index contributed by atoms with van der Waals surface area (Å²) in [5.74, 6) is 0. The van der Waals surface area contributed by atoms with Gasteiger partial charge in [0.05, 0.1) is 22.2 Å². The number of nitrogens with zero attached hydrogens (tertiary/aromatic N) is 2. The minimum atomic E-state index is 0.882. The third kappa shape index (κ3) is 3.75. The van der Waals surface area contributed by atoms with Gasteiger partial charge >= 0.3 is 0 Å². The Balaban J connectivity index is 1.10. The smallest absolute Gasteiger partial charge is 0.135 e. The number of para-hydroxylation sites is 4. The van der Waals surface area contributed by atoms with Gasteiger partial charge in [0.15, 0.2) is 0 Å². The van der Waals surface area contributed by atoms with Gasteiger partial charge in [-0.2, -0.15) is 0 Å². The van der Waals surface area contributed by atoms with Gasteiger partial charge in [-0.25, -0.2) is 0 Å². The molecule has 4 aromatic heterocycles. The van der Waals surface area contributed by atoms with E-state index in [-0.39, 0.29) is 0 Å². The molecule has 0 saturated heterocycles. The molecule has 0 saturated carbocycles. The topological polar surface area (TPSA) is 33.9 Å². The van der Waals surface area contributed by atoms with Crippen molar-refractivity contribution in [3.8, 4) is 11.1 Å². The number of benzene rings is 8. The molecule has 12 rings (SSSR count). The van der Waals surface area contributed by atoms with E-state index in [2.05, 4.69) is 155 Å². The van der Waals surface area contributed by atoms with E-state index >= 15 is 0 Å². The van der Waals surface area contributed by atoms with Crippen LogP contribution in [0.5, 0.6) is 0 Å². The molecule has 4 heteroatoms. The molecule has 0 bridgehead atoms. The van der Waals surface area contributed by atoms with Crippen molar-refractivity contribution < 1.29 is 8.83 Å². The first-order valence-corrected chi connectivity index (χ1v) is 17.7. The maximum absolute atomic E-state index is 6.28. The zero-order valence-corrected chi connectivity index (χ0v) is 27.9. The summed E-state index contributed by atoms with van der Waals surface area (Å²) in [6.07, 6.45) is 0. The minimum Gasteiger partial charge on any atom is -0.456 e. The zero-order chi connectivity index (χ0) is 33.9. The molecule has 8 aromatic carbocycles. The molecule has 0 aliphatic heterocycles. The molecule has 0 aliphatic carbocycles. The number of fused-ring (bicyclic) bond motifs is 12. The molecule has 4 heterocycles. The van der Waals surface area contributed by atoms with E-state index < -0.39 is 0 Å². The fraction of sp³-hybridized carbons (Fsp3) is 0. The summed E-state index contributed by atoms with van der Waals surface area (Å²) >= 11 is 0. The van der Waals surface area contributed by atoms with Gasteiger partial charge in [-0.05, 0) is 83.9 Å². The first-order valence-electron chi connectivity index (χ1n) is 17.7. The van der Waals surface area contributed by atoms with Crippen molar-refractivity contribution >= 4 is 99.0 Å². The van der Waals surface area contributed by atoms with Crippen molar-refractivity contribution in [1.29, 1.82) is 0 Å². The van der Waals surface area contributed by atoms with Gasteiger partial charge < -0.3 is 18.1 Å². The van der Waals surface area contributed by atoms with Crippen LogP contribution in [0.15, 0.2) is 179 Å². The lowest BCUT2D eigenvalue weighted by atomic mass is 10.0. The van der Waals surface area contributed by atoms with Crippen LogP contribution in [0.25, 0.3) is 93.1 Å². The predicted molar refractivity (Wildman–Crippen MR) is 216 cm³/mol. The molecule has 12 aromatic rings. The summed E-state index contributed by atoms with van der Waals surface area (Å²) in [4.78, 5) is 2.41. The third-order valence-electron chi connectivity index (χ3n) is 10.9. The van der Waals surface area contributed by atoms with Crippen molar-refractivity contribution in [1.82, 2.24) is 4.40 Å². The van der Waals surface area contributed by atoms with E-state index in [1.165, 1.54) is 38.1 Å². The van der Waals surface area contributed by atoms with Crippen LogP contribution in [0.2, 0.25) is 0 Å². The van der Waals surface area contributed by atoms with Crippen LogP contribution in [0, 0.1) is 0 Å². The summed E-state index contributed by atoms with van der Waals surface area (Å²) < 4.78 is 14.9. The highest BCUT2D eigenvalue weighted by atomic mass is 16.3. The van der Waals surface area contributed by atoms with Gasteiger partial charge in [0.2, 0.25) is 0 Å². The zero-order valence-electron chi connectivity index (χ0n) is 27.9. The molecule has 0 unspecified atom stereocenters. The second-order valence-electron chi connectivity index (χ2n) is 13.7. The van der Waals surface area contributed by atoms with E-state index in [4.69, 9.17) is 8.83 Å². The molecule has 0 spiro atoms. The van der Waals surface area contributed by atoms with Gasteiger partial charge in [-0.15, -0.1) is 0 Å². The number of hydrogen-bond donors (Lipinski definition) is 0. The van der Waals surface area contributed by atoms with Gasteiger partial charge in [0.1, 0.15) is 22.3 Å². The number of furan rings is 2. The lowest BCUT2D eigenvalue weighted by Crippen LogP contribution is -2.10. The van der Waals surface area contributed by atoms with Gasteiger partial charge in [-0.1, -0.05) is 97.1 Å². The molecule has 0 amide bonds. The normalized spacial score (nSPS) is 12.2. The van der Waals surface area contributed by atoms with Crippen LogP contribution in [-0.2, 0) is 0 Å². The number of anilines is 3. The van der Waals surface area contributed by atoms with E-state index in [1.807, 2.05) is 24.3 Å². The Morgan fingerprint density at radius 3 is 1.63 bits per heavy atom. The molecule has 0 N–H and O–H groups in total. The fourth-order valence-electron chi connectivity index (χ4n) is 8.62. The van der Waals surface area contributed by atoms with E-state index in [9.17, 15) is 0 Å². The monoisotopic (exact) mass is 664 g/mol. The number of hydrogen-bond acceptors (Lipinski definition) is 3. The van der Waals surface area contributed by atoms with Crippen molar-refractivity contribution in [3.63, 3.8) is 0 Å². The highest BCUT2D eigenvalue weighted by molar-refractivity contribution is 6.27. The second kappa shape index (κ2) is 10.3. The highest BCUT2D eigenvalue weighted by Crippen LogP contribution is 2.48. The van der Waals surface area contributed by atoms with Crippen molar-refractivity contribution in [3.05, 3.63) is 170 Å². The Kier molecular flexibility index (Phi) is 5.47. The van der Waals surface area contributed by atoms with Crippen molar-refractivity contribution in [2.45, 2.75) is 0 Å². The number of aromatic nitrogens is 1. The fourth-order valence-corrected chi connectivity index (χ4v) is 8.62. The Morgan fingerprint density at radius 1 is 0.365 bits per heavy atom. The van der Waals surface area contributed by atoms with Crippen LogP contribution in [-0.4, -0.2) is 4.40 Å². The van der Waals surface area contributed by atoms with Crippen LogP contribution >= 0.6 is 0 Å². The van der Waals surface area contributed by atoms with Crippen LogP contribution in [0.4, 0.5) is 17.1 Å². The summed E-state index contributed by atoms with van der Waals surface area (Å²) in [7, 11) is 0. The average Bonchev–Trinajstić information content (AvgIpc) is 3.95. The predicted octanol–water partition coefficient (Wildman–Crippen LogP) is 13.8. The Bertz CT molecular complexity index is 3360. The largest absolute Gasteiger partial charge is 0.456 e. The standard InChI is InChI=1S/C48H28N2O2/c1-5-13-40-33(9-1)36-23-24-42(47-37-12-2-6-14-41(37)50(40)48(36)47)49(32-22-26-46-39(28-32)35-11-4-8-16-44(35)52-46)31-20-17-29(18-21-31)30-19-25-45-38(27-30)34-10-3-7-15-43(34)51-45/h1-28H. The molecule has 0 radical (unpaired) electrons.